The van der Waals surface area contributed by atoms with Gasteiger partial charge in [0.2, 0.25) is 0 Å². The van der Waals surface area contributed by atoms with Gasteiger partial charge in [0.05, 0.1) is 21.3 Å². The van der Waals surface area contributed by atoms with Crippen molar-refractivity contribution < 1.29 is 14.3 Å². The summed E-state index contributed by atoms with van der Waals surface area (Å²) in [5.41, 5.74) is 4.08. The quantitative estimate of drug-likeness (QED) is 0.171. The molecule has 5 nitrogen and oxygen atoms in total. The number of para-hydroxylation sites is 1. The molecule has 3 aromatic carbocycles. The molecule has 1 aliphatic heterocycles. The molecule has 0 unspecified atom stereocenters. The van der Waals surface area contributed by atoms with Crippen molar-refractivity contribution in [3.05, 3.63) is 90.3 Å². The lowest BCUT2D eigenvalue weighted by atomic mass is 9.94. The highest BCUT2D eigenvalue weighted by Crippen LogP contribution is 2.41. The molecule has 5 rings (SSSR count). The number of amides is 1. The normalized spacial score (nSPS) is 18.1. The largest absolute Gasteiger partial charge is 0.493 e. The van der Waals surface area contributed by atoms with Crippen molar-refractivity contribution in [2.24, 2.45) is 4.99 Å². The van der Waals surface area contributed by atoms with E-state index in [1.54, 1.807) is 7.11 Å². The van der Waals surface area contributed by atoms with Gasteiger partial charge < -0.3 is 9.47 Å². The minimum Gasteiger partial charge on any atom is -0.493 e. The molecule has 0 bridgehead atoms. The topological polar surface area (TPSA) is 51.1 Å². The minimum atomic E-state index is 0.0363. The van der Waals surface area contributed by atoms with Crippen molar-refractivity contribution >= 4 is 73.1 Å². The summed E-state index contributed by atoms with van der Waals surface area (Å²) in [6.45, 7) is 2.57. The molecular weight excluding hydrogens is 699 g/mol. The van der Waals surface area contributed by atoms with Gasteiger partial charge in [0, 0.05) is 10.5 Å². The monoisotopic (exact) mass is 730 g/mol. The van der Waals surface area contributed by atoms with Crippen LogP contribution < -0.4 is 9.47 Å². The summed E-state index contributed by atoms with van der Waals surface area (Å²) in [7, 11) is 1.64. The Kier molecular flexibility index (Phi) is 9.91. The molecule has 1 heterocycles. The number of thioether (sulfide) groups is 1. The van der Waals surface area contributed by atoms with Crippen LogP contribution in [0.2, 0.25) is 0 Å². The van der Waals surface area contributed by atoms with Crippen LogP contribution in [0.1, 0.15) is 55.7 Å². The molecule has 40 heavy (non-hydrogen) atoms. The number of halogens is 2. The second-order valence-electron chi connectivity index (χ2n) is 9.90. The fraction of sp³-hybridized carbons (Fsp3) is 0.312. The number of ether oxygens (including phenoxy) is 2. The van der Waals surface area contributed by atoms with Crippen LogP contribution in [0.3, 0.4) is 0 Å². The number of carbonyl (C=O) groups is 1. The molecular formula is C32H32BrIN2O3S. The lowest BCUT2D eigenvalue weighted by Gasteiger charge is -2.30. The molecule has 0 spiro atoms. The van der Waals surface area contributed by atoms with E-state index in [4.69, 9.17) is 14.5 Å². The van der Waals surface area contributed by atoms with Crippen LogP contribution in [0, 0.1) is 3.57 Å². The second-order valence-corrected chi connectivity index (χ2v) is 13.0. The first kappa shape index (κ1) is 29.2. The van der Waals surface area contributed by atoms with E-state index in [2.05, 4.69) is 51.5 Å². The molecule has 1 saturated heterocycles. The van der Waals surface area contributed by atoms with Gasteiger partial charge in [-0.1, -0.05) is 72.4 Å². The van der Waals surface area contributed by atoms with Gasteiger partial charge >= 0.3 is 0 Å². The van der Waals surface area contributed by atoms with Crippen molar-refractivity contribution in [1.29, 1.82) is 0 Å². The van der Waals surface area contributed by atoms with Crippen molar-refractivity contribution in [3.8, 4) is 11.5 Å². The minimum absolute atomic E-state index is 0.0363. The molecule has 0 N–H and O–H groups in total. The fourth-order valence-electron chi connectivity index (χ4n) is 5.10. The Labute approximate surface area is 262 Å². The molecule has 208 valence electrons. The third kappa shape index (κ3) is 6.77. The highest BCUT2D eigenvalue weighted by Gasteiger charge is 2.38. The molecule has 2 aliphatic rings. The van der Waals surface area contributed by atoms with Crippen LogP contribution in [0.4, 0.5) is 5.69 Å². The number of methoxy groups -OCH3 is 1. The molecule has 0 radical (unpaired) electrons. The molecule has 3 aromatic rings. The maximum absolute atomic E-state index is 13.8. The number of carbonyl (C=O) groups excluding carboxylic acids is 1. The Bertz CT molecular complexity index is 1430. The van der Waals surface area contributed by atoms with Crippen molar-refractivity contribution in [2.75, 3.05) is 7.11 Å². The van der Waals surface area contributed by atoms with Gasteiger partial charge in [-0.05, 0) is 107 Å². The van der Waals surface area contributed by atoms with Gasteiger partial charge in [-0.2, -0.15) is 0 Å². The molecule has 0 aromatic heterocycles. The first-order valence-electron chi connectivity index (χ1n) is 13.6. The van der Waals surface area contributed by atoms with Gasteiger partial charge in [-0.3, -0.25) is 9.69 Å². The first-order chi connectivity index (χ1) is 19.5. The summed E-state index contributed by atoms with van der Waals surface area (Å²) in [4.78, 5) is 21.5. The summed E-state index contributed by atoms with van der Waals surface area (Å²) in [5, 5.41) is 0.778. The summed E-state index contributed by atoms with van der Waals surface area (Å²) in [6.07, 6.45) is 8.41. The van der Waals surface area contributed by atoms with Crippen LogP contribution >= 0.6 is 50.3 Å². The Morgan fingerprint density at radius 2 is 1.85 bits per heavy atom. The molecule has 0 atom stereocenters. The number of amidine groups is 1. The van der Waals surface area contributed by atoms with Crippen molar-refractivity contribution in [1.82, 2.24) is 4.90 Å². The third-order valence-electron chi connectivity index (χ3n) is 7.21. The van der Waals surface area contributed by atoms with Crippen molar-refractivity contribution in [3.63, 3.8) is 0 Å². The zero-order valence-corrected chi connectivity index (χ0v) is 27.2. The summed E-state index contributed by atoms with van der Waals surface area (Å²) < 4.78 is 13.8. The van der Waals surface area contributed by atoms with Crippen molar-refractivity contribution in [2.45, 2.75) is 58.1 Å². The molecule has 1 saturated carbocycles. The van der Waals surface area contributed by atoms with E-state index in [1.807, 2.05) is 65.6 Å². The van der Waals surface area contributed by atoms with Gasteiger partial charge in [-0.15, -0.1) is 0 Å². The molecule has 2 fully saturated rings. The molecule has 1 amide bonds. The third-order valence-corrected chi connectivity index (χ3v) is 9.52. The number of nitrogens with zero attached hydrogens (tertiary/aromatic N) is 2. The lowest BCUT2D eigenvalue weighted by molar-refractivity contribution is -0.124. The standard InChI is InChI=1S/C32H32BrIN2O3S/c1-3-23-9-7-8-12-27(23)35-32-36(25-10-5-4-6-11-25)31(37)29(40-32)19-22-17-26(34)30(28(18-22)38-2)39-20-21-13-15-24(33)16-14-21/h7-9,12-19,25H,3-6,10-11,20H2,1-2H3/b29-19+,35-32?. The smallest absolute Gasteiger partial charge is 0.267 e. The number of hydrogen-bond donors (Lipinski definition) is 0. The van der Waals surface area contributed by atoms with Gasteiger partial charge in [0.25, 0.3) is 5.91 Å². The lowest BCUT2D eigenvalue weighted by Crippen LogP contribution is -2.40. The number of aliphatic imine (C=N–C) groups is 1. The SMILES string of the molecule is CCc1ccccc1N=C1S/C(=C/c2cc(I)c(OCc3ccc(Br)cc3)c(OC)c2)C(=O)N1C1CCCCC1. The van der Waals surface area contributed by atoms with Gasteiger partial charge in [0.15, 0.2) is 16.7 Å². The summed E-state index contributed by atoms with van der Waals surface area (Å²) in [6, 6.07) is 20.4. The van der Waals surface area contributed by atoms with E-state index >= 15 is 0 Å². The number of rotatable bonds is 8. The highest BCUT2D eigenvalue weighted by molar-refractivity contribution is 14.1. The highest BCUT2D eigenvalue weighted by atomic mass is 127. The van der Waals surface area contributed by atoms with Crippen LogP contribution in [0.15, 0.2) is 75.0 Å². The Hall–Kier alpha value is -2.30. The number of aryl methyl sites for hydroxylation is 1. The van der Waals surface area contributed by atoms with E-state index in [9.17, 15) is 4.79 Å². The second kappa shape index (κ2) is 13.6. The van der Waals surface area contributed by atoms with Crippen LogP contribution in [-0.4, -0.2) is 29.1 Å². The molecule has 1 aliphatic carbocycles. The molecule has 8 heteroatoms. The number of hydrogen-bond acceptors (Lipinski definition) is 5. The van der Waals surface area contributed by atoms with Gasteiger partial charge in [0.1, 0.15) is 6.61 Å². The fourth-order valence-corrected chi connectivity index (χ4v) is 7.20. The average molecular weight is 731 g/mol. The first-order valence-corrected chi connectivity index (χ1v) is 16.3. The van der Waals surface area contributed by atoms with E-state index < -0.39 is 0 Å². The van der Waals surface area contributed by atoms with Gasteiger partial charge in [-0.25, -0.2) is 4.99 Å². The Morgan fingerprint density at radius 1 is 1.10 bits per heavy atom. The summed E-state index contributed by atoms with van der Waals surface area (Å²) >= 11 is 7.22. The van der Waals surface area contributed by atoms with E-state index in [0.717, 1.165) is 62.1 Å². The maximum Gasteiger partial charge on any atom is 0.267 e. The Balaban J connectivity index is 1.45. The van der Waals surface area contributed by atoms with E-state index in [0.29, 0.717) is 23.0 Å². The maximum atomic E-state index is 13.8. The van der Waals surface area contributed by atoms with Crippen LogP contribution in [-0.2, 0) is 17.8 Å². The van der Waals surface area contributed by atoms with Crippen LogP contribution in [0.5, 0.6) is 11.5 Å². The Morgan fingerprint density at radius 3 is 2.58 bits per heavy atom. The average Bonchev–Trinajstić information content (AvgIpc) is 3.27. The van der Waals surface area contributed by atoms with E-state index in [-0.39, 0.29) is 11.9 Å². The predicted molar refractivity (Wildman–Crippen MR) is 176 cm³/mol. The summed E-state index contributed by atoms with van der Waals surface area (Å²) in [5.74, 6) is 1.37. The predicted octanol–water partition coefficient (Wildman–Crippen LogP) is 9.14. The zero-order chi connectivity index (χ0) is 28.1. The van der Waals surface area contributed by atoms with E-state index in [1.165, 1.54) is 23.7 Å². The van der Waals surface area contributed by atoms with Crippen LogP contribution in [0.25, 0.3) is 6.08 Å². The zero-order valence-electron chi connectivity index (χ0n) is 22.7. The number of benzene rings is 3.